The van der Waals surface area contributed by atoms with Gasteiger partial charge in [0.05, 0.1) is 11.6 Å². The Balaban J connectivity index is 2.16. The van der Waals surface area contributed by atoms with Crippen LogP contribution in [0.4, 0.5) is 0 Å². The van der Waals surface area contributed by atoms with Crippen LogP contribution in [0.25, 0.3) is 0 Å². The van der Waals surface area contributed by atoms with Crippen LogP contribution in [0.5, 0.6) is 11.8 Å². The number of benzene rings is 1. The molecular formula is C10H6N4O. The first-order chi connectivity index (χ1) is 7.38. The predicted molar refractivity (Wildman–Crippen MR) is 51.1 cm³/mol. The summed E-state index contributed by atoms with van der Waals surface area (Å²) >= 11 is 0. The van der Waals surface area contributed by atoms with Gasteiger partial charge in [-0.25, -0.2) is 4.98 Å². The van der Waals surface area contributed by atoms with Gasteiger partial charge in [0.2, 0.25) is 0 Å². The lowest BCUT2D eigenvalue weighted by Gasteiger charge is -2.01. The van der Waals surface area contributed by atoms with Gasteiger partial charge in [-0.1, -0.05) is 0 Å². The summed E-state index contributed by atoms with van der Waals surface area (Å²) < 4.78 is 5.31. The van der Waals surface area contributed by atoms with Crippen LogP contribution in [0.3, 0.4) is 0 Å². The Morgan fingerprint density at radius 3 is 2.33 bits per heavy atom. The van der Waals surface area contributed by atoms with E-state index in [2.05, 4.69) is 15.0 Å². The molecule has 0 fully saturated rings. The first kappa shape index (κ1) is 9.09. The molecule has 0 radical (unpaired) electrons. The van der Waals surface area contributed by atoms with Gasteiger partial charge in [0.15, 0.2) is 0 Å². The average molecular weight is 198 g/mol. The lowest BCUT2D eigenvalue weighted by atomic mass is 10.2. The summed E-state index contributed by atoms with van der Waals surface area (Å²) in [5.41, 5.74) is 0.581. The van der Waals surface area contributed by atoms with Crippen molar-refractivity contribution in [2.24, 2.45) is 0 Å². The van der Waals surface area contributed by atoms with Gasteiger partial charge in [-0.3, -0.25) is 0 Å². The van der Waals surface area contributed by atoms with Crippen LogP contribution < -0.4 is 4.74 Å². The minimum atomic E-state index is 0.231. The molecule has 0 amide bonds. The van der Waals surface area contributed by atoms with Crippen molar-refractivity contribution in [3.8, 4) is 17.8 Å². The summed E-state index contributed by atoms with van der Waals surface area (Å²) in [5.74, 6) is 0.584. The van der Waals surface area contributed by atoms with Crippen molar-refractivity contribution in [3.63, 3.8) is 0 Å². The lowest BCUT2D eigenvalue weighted by molar-refractivity contribution is 0.439. The number of hydrogen-bond donors (Lipinski definition) is 0. The van der Waals surface area contributed by atoms with E-state index in [1.54, 1.807) is 24.3 Å². The Morgan fingerprint density at radius 2 is 1.73 bits per heavy atom. The second-order valence-electron chi connectivity index (χ2n) is 2.66. The van der Waals surface area contributed by atoms with Crippen LogP contribution in [0.15, 0.2) is 36.9 Å². The topological polar surface area (TPSA) is 71.7 Å². The molecule has 0 atom stereocenters. The molecule has 5 heteroatoms. The van der Waals surface area contributed by atoms with Crippen molar-refractivity contribution in [3.05, 3.63) is 42.5 Å². The van der Waals surface area contributed by atoms with Gasteiger partial charge in [-0.15, -0.1) is 0 Å². The fourth-order valence-electron chi connectivity index (χ4n) is 0.984. The van der Waals surface area contributed by atoms with Crippen LogP contribution in [0.1, 0.15) is 5.56 Å². The summed E-state index contributed by atoms with van der Waals surface area (Å²) in [5, 5.41) is 8.59. The summed E-state index contributed by atoms with van der Waals surface area (Å²) in [7, 11) is 0. The van der Waals surface area contributed by atoms with E-state index in [-0.39, 0.29) is 6.01 Å². The molecule has 2 rings (SSSR count). The van der Waals surface area contributed by atoms with Crippen molar-refractivity contribution < 1.29 is 4.74 Å². The molecule has 72 valence electrons. The molecule has 0 spiro atoms. The molecule has 0 bridgehead atoms. The molecule has 2 aromatic rings. The Bertz CT molecular complexity index is 475. The maximum absolute atomic E-state index is 8.59. The molecule has 1 aromatic carbocycles. The SMILES string of the molecule is N#Cc1ccc(Oc2ncncn2)cc1. The Kier molecular flexibility index (Phi) is 2.52. The van der Waals surface area contributed by atoms with Gasteiger partial charge in [0.1, 0.15) is 18.4 Å². The molecule has 0 saturated heterocycles. The monoisotopic (exact) mass is 198 g/mol. The maximum atomic E-state index is 8.59. The highest BCUT2D eigenvalue weighted by Gasteiger charge is 1.98. The first-order valence-electron chi connectivity index (χ1n) is 4.18. The van der Waals surface area contributed by atoms with Gasteiger partial charge < -0.3 is 4.74 Å². The van der Waals surface area contributed by atoms with Crippen LogP contribution >= 0.6 is 0 Å². The fraction of sp³-hybridized carbons (Fsp3) is 0. The standard InChI is InChI=1S/C10H6N4O/c11-5-8-1-3-9(4-2-8)15-10-13-6-12-7-14-10/h1-4,6-7H. The molecular weight excluding hydrogens is 192 g/mol. The summed E-state index contributed by atoms with van der Waals surface area (Å²) in [6.07, 6.45) is 2.71. The average Bonchev–Trinajstić information content (AvgIpc) is 2.31. The van der Waals surface area contributed by atoms with Gasteiger partial charge in [0, 0.05) is 0 Å². The Labute approximate surface area is 86.0 Å². The smallest absolute Gasteiger partial charge is 0.324 e. The third kappa shape index (κ3) is 2.25. The van der Waals surface area contributed by atoms with Crippen molar-refractivity contribution >= 4 is 0 Å². The number of nitrogens with zero attached hydrogens (tertiary/aromatic N) is 4. The van der Waals surface area contributed by atoms with E-state index >= 15 is 0 Å². The van der Waals surface area contributed by atoms with E-state index in [1.165, 1.54) is 12.7 Å². The van der Waals surface area contributed by atoms with Crippen molar-refractivity contribution in [1.82, 2.24) is 15.0 Å². The summed E-state index contributed by atoms with van der Waals surface area (Å²) in [6.45, 7) is 0. The number of aromatic nitrogens is 3. The summed E-state index contributed by atoms with van der Waals surface area (Å²) in [6, 6.07) is 8.94. The second-order valence-corrected chi connectivity index (χ2v) is 2.66. The molecule has 1 heterocycles. The normalized spacial score (nSPS) is 9.27. The molecule has 5 nitrogen and oxygen atoms in total. The Morgan fingerprint density at radius 1 is 1.07 bits per heavy atom. The van der Waals surface area contributed by atoms with Gasteiger partial charge >= 0.3 is 6.01 Å². The van der Waals surface area contributed by atoms with E-state index in [1.807, 2.05) is 6.07 Å². The highest BCUT2D eigenvalue weighted by atomic mass is 16.5. The molecule has 0 unspecified atom stereocenters. The van der Waals surface area contributed by atoms with Crippen LogP contribution in [0, 0.1) is 11.3 Å². The maximum Gasteiger partial charge on any atom is 0.324 e. The third-order valence-corrected chi connectivity index (χ3v) is 1.66. The van der Waals surface area contributed by atoms with Crippen LogP contribution in [-0.2, 0) is 0 Å². The molecule has 0 N–H and O–H groups in total. The third-order valence-electron chi connectivity index (χ3n) is 1.66. The Hall–Kier alpha value is -2.48. The second kappa shape index (κ2) is 4.15. The van der Waals surface area contributed by atoms with Crippen molar-refractivity contribution in [2.45, 2.75) is 0 Å². The molecule has 15 heavy (non-hydrogen) atoms. The number of ether oxygens (including phenoxy) is 1. The molecule has 0 aliphatic carbocycles. The highest BCUT2D eigenvalue weighted by Crippen LogP contribution is 2.16. The largest absolute Gasteiger partial charge is 0.424 e. The minimum absolute atomic E-state index is 0.231. The zero-order valence-electron chi connectivity index (χ0n) is 7.66. The molecule has 0 saturated carbocycles. The van der Waals surface area contributed by atoms with Crippen molar-refractivity contribution in [1.29, 1.82) is 5.26 Å². The number of rotatable bonds is 2. The van der Waals surface area contributed by atoms with E-state index in [0.717, 1.165) is 0 Å². The van der Waals surface area contributed by atoms with Crippen molar-refractivity contribution in [2.75, 3.05) is 0 Å². The zero-order chi connectivity index (χ0) is 10.5. The zero-order valence-corrected chi connectivity index (χ0v) is 7.66. The molecule has 0 aliphatic rings. The van der Waals surface area contributed by atoms with E-state index < -0.39 is 0 Å². The van der Waals surface area contributed by atoms with Gasteiger partial charge in [-0.2, -0.15) is 15.2 Å². The van der Waals surface area contributed by atoms with E-state index in [9.17, 15) is 0 Å². The highest BCUT2D eigenvalue weighted by molar-refractivity contribution is 5.35. The first-order valence-corrected chi connectivity index (χ1v) is 4.18. The number of hydrogen-bond acceptors (Lipinski definition) is 5. The van der Waals surface area contributed by atoms with Gasteiger partial charge in [-0.05, 0) is 24.3 Å². The van der Waals surface area contributed by atoms with E-state index in [4.69, 9.17) is 10.00 Å². The minimum Gasteiger partial charge on any atom is -0.424 e. The fourth-order valence-corrected chi connectivity index (χ4v) is 0.984. The van der Waals surface area contributed by atoms with Crippen LogP contribution in [-0.4, -0.2) is 15.0 Å². The quantitative estimate of drug-likeness (QED) is 0.731. The lowest BCUT2D eigenvalue weighted by Crippen LogP contribution is -1.91. The molecule has 1 aromatic heterocycles. The molecule has 0 aliphatic heterocycles. The summed E-state index contributed by atoms with van der Waals surface area (Å²) in [4.78, 5) is 11.3. The van der Waals surface area contributed by atoms with Gasteiger partial charge in [0.25, 0.3) is 0 Å². The van der Waals surface area contributed by atoms with Crippen LogP contribution in [0.2, 0.25) is 0 Å². The van der Waals surface area contributed by atoms with E-state index in [0.29, 0.717) is 11.3 Å². The number of nitriles is 1. The predicted octanol–water partition coefficient (Wildman–Crippen LogP) is 1.54.